The van der Waals surface area contributed by atoms with Crippen LogP contribution in [0.5, 0.6) is 0 Å². The van der Waals surface area contributed by atoms with E-state index >= 15 is 0 Å². The van der Waals surface area contributed by atoms with E-state index in [2.05, 4.69) is 75.1 Å². The van der Waals surface area contributed by atoms with Gasteiger partial charge in [0.1, 0.15) is 0 Å². The molecule has 102 valence electrons. The summed E-state index contributed by atoms with van der Waals surface area (Å²) in [5, 5.41) is 4.31. The molecule has 0 aromatic heterocycles. The van der Waals surface area contributed by atoms with Crippen molar-refractivity contribution in [3.8, 4) is 0 Å². The Balaban J connectivity index is 2.75. The zero-order valence-corrected chi connectivity index (χ0v) is 13.0. The van der Waals surface area contributed by atoms with Crippen LogP contribution < -0.4 is 5.32 Å². The molecule has 0 saturated heterocycles. The molecule has 0 bridgehead atoms. The Labute approximate surface area is 117 Å². The topological polar surface area (TPSA) is 12.0 Å². The monoisotopic (exact) mass is 265 g/mol. The average Bonchev–Trinajstić information content (AvgIpc) is 2.39. The second-order valence-electron chi connectivity index (χ2n) is 5.12. The summed E-state index contributed by atoms with van der Waals surface area (Å²) in [5.41, 5.74) is 1.42. The second kappa shape index (κ2) is 8.60. The molecule has 0 heterocycles. The van der Waals surface area contributed by atoms with Crippen LogP contribution in [0.25, 0.3) is 0 Å². The minimum absolute atomic E-state index is 0.477. The molecule has 0 spiro atoms. The van der Waals surface area contributed by atoms with Gasteiger partial charge in [-0.3, -0.25) is 0 Å². The predicted molar refractivity (Wildman–Crippen MR) is 84.2 cm³/mol. The summed E-state index contributed by atoms with van der Waals surface area (Å²) >= 11 is 2.11. The Morgan fingerprint density at radius 2 is 1.78 bits per heavy atom. The van der Waals surface area contributed by atoms with E-state index in [-0.39, 0.29) is 0 Å². The van der Waals surface area contributed by atoms with Gasteiger partial charge in [-0.15, -0.1) is 0 Å². The molecule has 2 heteroatoms. The van der Waals surface area contributed by atoms with E-state index in [9.17, 15) is 0 Å². The molecule has 2 unspecified atom stereocenters. The summed E-state index contributed by atoms with van der Waals surface area (Å²) in [7, 11) is 0. The number of benzene rings is 1. The fraction of sp³-hybridized carbons (Fsp3) is 0.625. The van der Waals surface area contributed by atoms with Gasteiger partial charge in [0.05, 0.1) is 0 Å². The maximum atomic E-state index is 3.65. The smallest absolute Gasteiger partial charge is 0.0440 e. The lowest BCUT2D eigenvalue weighted by molar-refractivity contribution is 0.520. The molecule has 0 fully saturated rings. The highest BCUT2D eigenvalue weighted by Crippen LogP contribution is 2.30. The Morgan fingerprint density at radius 3 is 2.28 bits per heavy atom. The minimum atomic E-state index is 0.477. The third kappa shape index (κ3) is 5.03. The highest BCUT2D eigenvalue weighted by Gasteiger charge is 2.21. The van der Waals surface area contributed by atoms with E-state index in [1.165, 1.54) is 17.7 Å². The first kappa shape index (κ1) is 15.6. The quantitative estimate of drug-likeness (QED) is 0.742. The zero-order valence-electron chi connectivity index (χ0n) is 12.1. The van der Waals surface area contributed by atoms with Crippen LogP contribution in [0, 0.1) is 5.92 Å². The van der Waals surface area contributed by atoms with Crippen molar-refractivity contribution in [3.05, 3.63) is 35.9 Å². The summed E-state index contributed by atoms with van der Waals surface area (Å²) in [6, 6.07) is 11.3. The molecule has 1 aromatic rings. The number of nitrogens with one attached hydrogen (secondary N) is 1. The number of hydrogen-bond acceptors (Lipinski definition) is 2. The summed E-state index contributed by atoms with van der Waals surface area (Å²) in [6.45, 7) is 10.1. The number of rotatable bonds is 8. The Kier molecular flexibility index (Phi) is 7.45. The second-order valence-corrected chi connectivity index (χ2v) is 6.39. The normalized spacial score (nSPS) is 14.7. The van der Waals surface area contributed by atoms with Crippen molar-refractivity contribution < 1.29 is 0 Å². The van der Waals surface area contributed by atoms with E-state index in [1.807, 2.05) is 0 Å². The Bertz CT molecular complexity index is 310. The number of thioether (sulfide) groups is 1. The summed E-state index contributed by atoms with van der Waals surface area (Å²) < 4.78 is 0. The predicted octanol–water partition coefficient (Wildman–Crippen LogP) is 4.51. The zero-order chi connectivity index (χ0) is 13.4. The first-order valence-corrected chi connectivity index (χ1v) is 8.13. The molecule has 1 rings (SSSR count). The molecule has 1 nitrogen and oxygen atoms in total. The van der Waals surface area contributed by atoms with Crippen LogP contribution in [-0.2, 0) is 0 Å². The fourth-order valence-corrected chi connectivity index (χ4v) is 3.42. The van der Waals surface area contributed by atoms with Gasteiger partial charge in [-0.25, -0.2) is 0 Å². The SMILES string of the molecule is CCNC(c1ccccc1)C(CC)SCC(C)C. The Morgan fingerprint density at radius 1 is 1.11 bits per heavy atom. The lowest BCUT2D eigenvalue weighted by atomic mass is 10.0. The van der Waals surface area contributed by atoms with E-state index in [0.717, 1.165) is 12.5 Å². The van der Waals surface area contributed by atoms with Crippen molar-refractivity contribution in [2.75, 3.05) is 12.3 Å². The lowest BCUT2D eigenvalue weighted by Gasteiger charge is -2.27. The van der Waals surface area contributed by atoms with Gasteiger partial charge < -0.3 is 5.32 Å². The molecule has 0 aliphatic carbocycles. The molecule has 0 saturated carbocycles. The molecule has 18 heavy (non-hydrogen) atoms. The van der Waals surface area contributed by atoms with Gasteiger partial charge in [0.25, 0.3) is 0 Å². The van der Waals surface area contributed by atoms with Crippen LogP contribution in [0.15, 0.2) is 30.3 Å². The van der Waals surface area contributed by atoms with E-state index in [0.29, 0.717) is 11.3 Å². The van der Waals surface area contributed by atoms with E-state index in [4.69, 9.17) is 0 Å². The summed E-state index contributed by atoms with van der Waals surface area (Å²) in [4.78, 5) is 0. The molecule has 2 atom stereocenters. The van der Waals surface area contributed by atoms with Crippen molar-refractivity contribution in [2.24, 2.45) is 5.92 Å². The van der Waals surface area contributed by atoms with Crippen molar-refractivity contribution in [1.29, 1.82) is 0 Å². The van der Waals surface area contributed by atoms with E-state index in [1.54, 1.807) is 0 Å². The molecule has 0 aliphatic heterocycles. The molecular formula is C16H27NS. The standard InChI is InChI=1S/C16H27NS/c1-5-15(18-12-13(3)4)16(17-6-2)14-10-8-7-9-11-14/h7-11,13,15-17H,5-6,12H2,1-4H3. The molecule has 1 N–H and O–H groups in total. The molecule has 0 aliphatic rings. The van der Waals surface area contributed by atoms with Crippen molar-refractivity contribution in [2.45, 2.75) is 45.4 Å². The van der Waals surface area contributed by atoms with Crippen LogP contribution in [0.3, 0.4) is 0 Å². The largest absolute Gasteiger partial charge is 0.309 e. The maximum absolute atomic E-state index is 3.65. The van der Waals surface area contributed by atoms with Crippen molar-refractivity contribution >= 4 is 11.8 Å². The van der Waals surface area contributed by atoms with Crippen LogP contribution in [0.4, 0.5) is 0 Å². The summed E-state index contributed by atoms with van der Waals surface area (Å²) in [6.07, 6.45) is 1.21. The maximum Gasteiger partial charge on any atom is 0.0440 e. The van der Waals surface area contributed by atoms with Crippen LogP contribution in [-0.4, -0.2) is 17.5 Å². The van der Waals surface area contributed by atoms with Gasteiger partial charge in [-0.05, 0) is 30.2 Å². The van der Waals surface area contributed by atoms with Crippen molar-refractivity contribution in [1.82, 2.24) is 5.32 Å². The fourth-order valence-electron chi connectivity index (χ4n) is 2.11. The third-order valence-electron chi connectivity index (χ3n) is 3.00. The first-order chi connectivity index (χ1) is 8.69. The van der Waals surface area contributed by atoms with Gasteiger partial charge >= 0.3 is 0 Å². The lowest BCUT2D eigenvalue weighted by Crippen LogP contribution is -2.30. The van der Waals surface area contributed by atoms with Gasteiger partial charge in [0.15, 0.2) is 0 Å². The summed E-state index contributed by atoms with van der Waals surface area (Å²) in [5.74, 6) is 2.01. The van der Waals surface area contributed by atoms with Crippen molar-refractivity contribution in [3.63, 3.8) is 0 Å². The van der Waals surface area contributed by atoms with Crippen LogP contribution in [0.1, 0.15) is 45.7 Å². The Hall–Kier alpha value is -0.470. The molecule has 0 amide bonds. The highest BCUT2D eigenvalue weighted by atomic mass is 32.2. The molecule has 0 radical (unpaired) electrons. The first-order valence-electron chi connectivity index (χ1n) is 7.08. The molecular weight excluding hydrogens is 238 g/mol. The van der Waals surface area contributed by atoms with E-state index < -0.39 is 0 Å². The van der Waals surface area contributed by atoms with Gasteiger partial charge in [-0.2, -0.15) is 11.8 Å². The van der Waals surface area contributed by atoms with Crippen LogP contribution in [0.2, 0.25) is 0 Å². The highest BCUT2D eigenvalue weighted by molar-refractivity contribution is 7.99. The van der Waals surface area contributed by atoms with Gasteiger partial charge in [-0.1, -0.05) is 58.0 Å². The number of hydrogen-bond donors (Lipinski definition) is 1. The third-order valence-corrected chi connectivity index (χ3v) is 4.89. The minimum Gasteiger partial charge on any atom is -0.309 e. The van der Waals surface area contributed by atoms with Crippen LogP contribution >= 0.6 is 11.8 Å². The van der Waals surface area contributed by atoms with Gasteiger partial charge in [0.2, 0.25) is 0 Å². The molecule has 1 aromatic carbocycles. The van der Waals surface area contributed by atoms with Gasteiger partial charge in [0, 0.05) is 11.3 Å². The average molecular weight is 265 g/mol.